The fourth-order valence-corrected chi connectivity index (χ4v) is 2.69. The second kappa shape index (κ2) is 6.46. The van der Waals surface area contributed by atoms with Crippen LogP contribution < -0.4 is 0 Å². The van der Waals surface area contributed by atoms with Crippen molar-refractivity contribution in [2.45, 2.75) is 71.0 Å². The number of carbonyl (C=O) groups excluding carboxylic acids is 2. The van der Waals surface area contributed by atoms with Crippen molar-refractivity contribution < 1.29 is 19.1 Å². The van der Waals surface area contributed by atoms with E-state index in [2.05, 4.69) is 13.2 Å². The van der Waals surface area contributed by atoms with Crippen molar-refractivity contribution in [2.24, 2.45) is 0 Å². The van der Waals surface area contributed by atoms with E-state index in [0.29, 0.717) is 43.3 Å². The Bertz CT molecular complexity index is 435. The van der Waals surface area contributed by atoms with Crippen LogP contribution in [0.4, 0.5) is 0 Å². The first-order chi connectivity index (χ1) is 9.75. The van der Waals surface area contributed by atoms with Gasteiger partial charge in [-0.3, -0.25) is 0 Å². The van der Waals surface area contributed by atoms with Crippen LogP contribution in [0.15, 0.2) is 24.3 Å². The number of carbonyl (C=O) groups is 2. The molecule has 1 heterocycles. The molecule has 0 radical (unpaired) electrons. The van der Waals surface area contributed by atoms with Crippen molar-refractivity contribution in [3.05, 3.63) is 24.3 Å². The number of ether oxygens (including phenoxy) is 2. The van der Waals surface area contributed by atoms with E-state index in [1.54, 1.807) is 6.92 Å². The third-order valence-electron chi connectivity index (χ3n) is 4.04. The molecule has 0 atom stereocenters. The van der Waals surface area contributed by atoms with Crippen molar-refractivity contribution in [3.63, 3.8) is 0 Å². The van der Waals surface area contributed by atoms with E-state index >= 15 is 0 Å². The minimum atomic E-state index is -0.488. The monoisotopic (exact) mass is 294 g/mol. The Balaban J connectivity index is 0.00000106. The first-order valence-corrected chi connectivity index (χ1v) is 7.55. The van der Waals surface area contributed by atoms with Crippen LogP contribution in [0.2, 0.25) is 0 Å². The largest absolute Gasteiger partial charge is 0.456 e. The van der Waals surface area contributed by atoms with Gasteiger partial charge in [0.25, 0.3) is 0 Å². The number of esters is 2. The molecule has 0 aromatic heterocycles. The number of rotatable bonds is 2. The van der Waals surface area contributed by atoms with Crippen LogP contribution in [0, 0.1) is 0 Å². The van der Waals surface area contributed by atoms with E-state index in [1.807, 2.05) is 20.8 Å². The second-order valence-corrected chi connectivity index (χ2v) is 5.97. The van der Waals surface area contributed by atoms with E-state index in [1.165, 1.54) is 0 Å². The minimum absolute atomic E-state index is 0.289. The molecule has 118 valence electrons. The molecule has 2 rings (SSSR count). The second-order valence-electron chi connectivity index (χ2n) is 5.97. The predicted molar refractivity (Wildman–Crippen MR) is 81.7 cm³/mol. The molecule has 0 unspecified atom stereocenters. The molecular weight excluding hydrogens is 268 g/mol. The zero-order chi connectivity index (χ0) is 16.3. The molecule has 0 aromatic rings. The maximum atomic E-state index is 11.6. The van der Waals surface area contributed by atoms with Gasteiger partial charge in [-0.25, -0.2) is 9.59 Å². The molecule has 1 aliphatic heterocycles. The Morgan fingerprint density at radius 2 is 1.76 bits per heavy atom. The van der Waals surface area contributed by atoms with Gasteiger partial charge < -0.3 is 9.47 Å². The van der Waals surface area contributed by atoms with Crippen molar-refractivity contribution in [1.82, 2.24) is 0 Å². The lowest BCUT2D eigenvalue weighted by atomic mass is 9.75. The lowest BCUT2D eigenvalue weighted by Gasteiger charge is -2.41. The highest BCUT2D eigenvalue weighted by atomic mass is 16.6. The highest BCUT2D eigenvalue weighted by molar-refractivity contribution is 5.90. The lowest BCUT2D eigenvalue weighted by Crippen LogP contribution is -2.43. The molecule has 0 N–H and O–H groups in total. The number of hydrogen-bond acceptors (Lipinski definition) is 4. The molecular formula is C17H26O4. The Hall–Kier alpha value is -1.58. The Kier molecular flexibility index (Phi) is 5.37. The lowest BCUT2D eigenvalue weighted by molar-refractivity contribution is -0.168. The average Bonchev–Trinajstić information content (AvgIpc) is 2.72. The summed E-state index contributed by atoms with van der Waals surface area (Å²) in [6, 6.07) is 0. The summed E-state index contributed by atoms with van der Waals surface area (Å²) in [4.78, 5) is 23.1. The van der Waals surface area contributed by atoms with Gasteiger partial charge in [0.05, 0.1) is 0 Å². The summed E-state index contributed by atoms with van der Waals surface area (Å²) >= 11 is 0. The van der Waals surface area contributed by atoms with Crippen LogP contribution in [0.3, 0.4) is 0 Å². The van der Waals surface area contributed by atoms with Crippen LogP contribution in [-0.4, -0.2) is 23.1 Å². The van der Waals surface area contributed by atoms with Crippen molar-refractivity contribution in [2.75, 3.05) is 0 Å². The summed E-state index contributed by atoms with van der Waals surface area (Å²) in [5.74, 6) is -0.645. The molecule has 1 spiro atoms. The predicted octanol–water partition coefficient (Wildman–Crippen LogP) is 3.71. The van der Waals surface area contributed by atoms with Gasteiger partial charge in [-0.15, -0.1) is 0 Å². The molecule has 1 aliphatic carbocycles. The van der Waals surface area contributed by atoms with Crippen LogP contribution in [0.5, 0.6) is 0 Å². The SMILES string of the molecule is C=C(C)C(=O)OC1(C)CCC2(CC1)CC(=C)C(=O)O2.CC. The molecule has 4 nitrogen and oxygen atoms in total. The van der Waals surface area contributed by atoms with E-state index in [4.69, 9.17) is 9.47 Å². The minimum Gasteiger partial charge on any atom is -0.456 e. The zero-order valence-electron chi connectivity index (χ0n) is 13.6. The van der Waals surface area contributed by atoms with Crippen LogP contribution in [-0.2, 0) is 19.1 Å². The summed E-state index contributed by atoms with van der Waals surface area (Å²) in [5.41, 5.74) is 0.0469. The van der Waals surface area contributed by atoms with E-state index < -0.39 is 11.2 Å². The maximum Gasteiger partial charge on any atom is 0.334 e. The molecule has 1 saturated heterocycles. The molecule has 4 heteroatoms. The van der Waals surface area contributed by atoms with Crippen LogP contribution in [0.25, 0.3) is 0 Å². The molecule has 21 heavy (non-hydrogen) atoms. The fraction of sp³-hybridized carbons (Fsp3) is 0.647. The molecule has 0 amide bonds. The Labute approximate surface area is 127 Å². The Morgan fingerprint density at radius 1 is 1.24 bits per heavy atom. The van der Waals surface area contributed by atoms with Gasteiger partial charge in [0, 0.05) is 17.6 Å². The van der Waals surface area contributed by atoms with Crippen molar-refractivity contribution in [1.29, 1.82) is 0 Å². The summed E-state index contributed by atoms with van der Waals surface area (Å²) in [7, 11) is 0. The van der Waals surface area contributed by atoms with Gasteiger partial charge in [0.2, 0.25) is 0 Å². The summed E-state index contributed by atoms with van der Waals surface area (Å²) in [5, 5.41) is 0. The van der Waals surface area contributed by atoms with Crippen LogP contribution in [0.1, 0.15) is 59.8 Å². The van der Waals surface area contributed by atoms with Crippen molar-refractivity contribution >= 4 is 11.9 Å². The highest BCUT2D eigenvalue weighted by Crippen LogP contribution is 2.45. The van der Waals surface area contributed by atoms with Crippen LogP contribution >= 0.6 is 0 Å². The van der Waals surface area contributed by atoms with Gasteiger partial charge in [-0.05, 0) is 39.5 Å². The smallest absolute Gasteiger partial charge is 0.334 e. The van der Waals surface area contributed by atoms with Gasteiger partial charge in [-0.1, -0.05) is 27.0 Å². The average molecular weight is 294 g/mol. The summed E-state index contributed by atoms with van der Waals surface area (Å²) in [6.07, 6.45) is 3.38. The Morgan fingerprint density at radius 3 is 2.14 bits per heavy atom. The van der Waals surface area contributed by atoms with Crippen molar-refractivity contribution in [3.8, 4) is 0 Å². The highest BCUT2D eigenvalue weighted by Gasteiger charge is 2.49. The molecule has 2 fully saturated rings. The zero-order valence-corrected chi connectivity index (χ0v) is 13.6. The van der Waals surface area contributed by atoms with Gasteiger partial charge >= 0.3 is 11.9 Å². The quantitative estimate of drug-likeness (QED) is 0.575. The summed E-state index contributed by atoms with van der Waals surface area (Å²) in [6.45, 7) is 14.9. The van der Waals surface area contributed by atoms with Gasteiger partial charge in [-0.2, -0.15) is 0 Å². The third kappa shape index (κ3) is 3.96. The molecule has 1 saturated carbocycles. The van der Waals surface area contributed by atoms with Gasteiger partial charge in [0.15, 0.2) is 0 Å². The topological polar surface area (TPSA) is 52.6 Å². The normalized spacial score (nSPS) is 31.2. The number of hydrogen-bond donors (Lipinski definition) is 0. The molecule has 0 aromatic carbocycles. The molecule has 0 bridgehead atoms. The third-order valence-corrected chi connectivity index (χ3v) is 4.04. The first-order valence-electron chi connectivity index (χ1n) is 7.55. The summed E-state index contributed by atoms with van der Waals surface area (Å²) < 4.78 is 10.9. The van der Waals surface area contributed by atoms with E-state index in [-0.39, 0.29) is 11.9 Å². The standard InChI is InChI=1S/C15H20O4.C2H6/c1-10(2)12(16)18-14(4)5-7-15(8-6-14)9-11(3)13(17)19-15;1-2/h1,3,5-9H2,2,4H3;1-2H3. The van der Waals surface area contributed by atoms with E-state index in [0.717, 1.165) is 0 Å². The first kappa shape index (κ1) is 17.5. The maximum absolute atomic E-state index is 11.6. The van der Waals surface area contributed by atoms with Gasteiger partial charge in [0.1, 0.15) is 11.2 Å². The fourth-order valence-electron chi connectivity index (χ4n) is 2.69. The molecule has 2 aliphatic rings. The van der Waals surface area contributed by atoms with E-state index in [9.17, 15) is 9.59 Å².